The average Bonchev–Trinajstić information content (AvgIpc) is 2.56. The Kier molecular flexibility index (Phi) is 11.9. The van der Waals surface area contributed by atoms with Gasteiger partial charge in [0, 0.05) is 6.42 Å². The van der Waals surface area contributed by atoms with Crippen molar-refractivity contribution in [1.29, 1.82) is 0 Å². The van der Waals surface area contributed by atoms with Gasteiger partial charge in [-0.3, -0.25) is 4.79 Å². The molecule has 3 heteroatoms. The van der Waals surface area contributed by atoms with Crippen molar-refractivity contribution >= 4 is 68.1 Å². The van der Waals surface area contributed by atoms with Gasteiger partial charge in [-0.1, -0.05) is 81.0 Å². The molecule has 0 bridgehead atoms. The van der Waals surface area contributed by atoms with Gasteiger partial charge in [-0.25, -0.2) is 0 Å². The second kappa shape index (κ2) is 13.1. The molecule has 0 unspecified atom stereocenters. The number of aliphatic carboxylic acids is 1. The van der Waals surface area contributed by atoms with Crippen LogP contribution in [0.25, 0.3) is 10.8 Å². The van der Waals surface area contributed by atoms with Crippen LogP contribution in [0.3, 0.4) is 0 Å². The fraction of sp³-hybridized carbons (Fsp3) is 0.476. The Morgan fingerprint density at radius 1 is 0.750 bits per heavy atom. The van der Waals surface area contributed by atoms with Gasteiger partial charge in [0.05, 0.1) is 0 Å². The number of hydrogen-bond acceptors (Lipinski definition) is 1. The molecule has 2 rings (SSSR count). The van der Waals surface area contributed by atoms with Crippen molar-refractivity contribution in [2.45, 2.75) is 64.2 Å². The van der Waals surface area contributed by atoms with Gasteiger partial charge in [0.25, 0.3) is 0 Å². The Morgan fingerprint density at radius 2 is 1.33 bits per heavy atom. The van der Waals surface area contributed by atoms with Crippen molar-refractivity contribution in [3.63, 3.8) is 0 Å². The number of carboxylic acids is 1. The van der Waals surface area contributed by atoms with E-state index in [1.165, 1.54) is 61.3 Å². The van der Waals surface area contributed by atoms with E-state index in [9.17, 15) is 4.79 Å². The summed E-state index contributed by atoms with van der Waals surface area (Å²) in [5, 5.41) is 11.3. The van der Waals surface area contributed by atoms with E-state index in [4.69, 9.17) is 5.11 Å². The molecule has 0 aromatic heterocycles. The predicted molar refractivity (Wildman–Crippen MR) is 104 cm³/mol. The zero-order valence-corrected chi connectivity index (χ0v) is 14.0. The third-order valence-corrected chi connectivity index (χ3v) is 4.47. The van der Waals surface area contributed by atoms with E-state index in [0.29, 0.717) is 6.42 Å². The Hall–Kier alpha value is -0.194. The van der Waals surface area contributed by atoms with Crippen molar-refractivity contribution in [2.75, 3.05) is 0 Å². The third-order valence-electron chi connectivity index (χ3n) is 4.47. The van der Waals surface area contributed by atoms with E-state index in [1.807, 2.05) is 0 Å². The molecule has 0 heterocycles. The summed E-state index contributed by atoms with van der Waals surface area (Å²) in [4.78, 5) is 10.4. The van der Waals surface area contributed by atoms with Gasteiger partial charge in [-0.15, -0.1) is 0 Å². The van der Waals surface area contributed by atoms with Crippen LogP contribution >= 0.6 is 0 Å². The van der Waals surface area contributed by atoms with Gasteiger partial charge in [-0.05, 0) is 35.6 Å². The molecule has 0 radical (unpaired) electrons. The molecule has 0 aliphatic rings. The van der Waals surface area contributed by atoms with Gasteiger partial charge in [0.2, 0.25) is 0 Å². The number of hydrogen-bond donors (Lipinski definition) is 1. The van der Waals surface area contributed by atoms with Gasteiger partial charge < -0.3 is 5.11 Å². The number of benzene rings is 2. The van der Waals surface area contributed by atoms with Crippen LogP contribution in [-0.2, 0) is 11.2 Å². The van der Waals surface area contributed by atoms with E-state index < -0.39 is 5.97 Å². The van der Waals surface area contributed by atoms with Crippen molar-refractivity contribution in [2.24, 2.45) is 0 Å². The number of carbonyl (C=O) groups is 1. The molecule has 2 nitrogen and oxygen atoms in total. The Balaban J connectivity index is 0.00000288. The monoisotopic (exact) mass is 352 g/mol. The van der Waals surface area contributed by atoms with Crippen LogP contribution in [-0.4, -0.2) is 62.5 Å². The first-order chi connectivity index (χ1) is 11.3. The molecule has 0 aliphatic heterocycles. The molecule has 126 valence electrons. The van der Waals surface area contributed by atoms with E-state index >= 15 is 0 Å². The maximum atomic E-state index is 10.4. The molecule has 0 amide bonds. The molecule has 2 aromatic carbocycles. The molecule has 1 N–H and O–H groups in total. The van der Waals surface area contributed by atoms with Crippen LogP contribution in [0.15, 0.2) is 42.5 Å². The first kappa shape index (κ1) is 21.8. The molecule has 0 aliphatic carbocycles. The fourth-order valence-electron chi connectivity index (χ4n) is 3.16. The first-order valence-electron chi connectivity index (χ1n) is 8.96. The Labute approximate surface area is 188 Å². The molecular weight excluding hydrogens is 323 g/mol. The minimum absolute atomic E-state index is 0. The van der Waals surface area contributed by atoms with Crippen LogP contribution in [0.1, 0.15) is 63.4 Å². The number of fused-ring (bicyclic) bond motifs is 1. The summed E-state index contributed by atoms with van der Waals surface area (Å²) < 4.78 is 0. The quantitative estimate of drug-likeness (QED) is 0.438. The van der Waals surface area contributed by atoms with Crippen molar-refractivity contribution < 1.29 is 9.90 Å². The number of rotatable bonds is 11. The predicted octanol–water partition coefficient (Wildman–Crippen LogP) is 5.33. The van der Waals surface area contributed by atoms with E-state index in [2.05, 4.69) is 42.5 Å². The summed E-state index contributed by atoms with van der Waals surface area (Å²) in [5.41, 5.74) is 1.47. The molecule has 0 fully saturated rings. The first-order valence-corrected chi connectivity index (χ1v) is 8.96. The average molecular weight is 353 g/mol. The van der Waals surface area contributed by atoms with Gasteiger partial charge in [0.1, 0.15) is 0 Å². The molecular formula is C21H29KO2. The summed E-state index contributed by atoms with van der Waals surface area (Å²) in [6.07, 6.45) is 10.9. The van der Waals surface area contributed by atoms with Crippen LogP contribution < -0.4 is 0 Å². The minimum atomic E-state index is -0.668. The van der Waals surface area contributed by atoms with E-state index in [0.717, 1.165) is 12.8 Å². The summed E-state index contributed by atoms with van der Waals surface area (Å²) in [6.45, 7) is 0. The third kappa shape index (κ3) is 8.26. The number of aryl methyl sites for hydroxylation is 1. The van der Waals surface area contributed by atoms with Crippen molar-refractivity contribution in [3.8, 4) is 0 Å². The maximum absolute atomic E-state index is 10.4. The van der Waals surface area contributed by atoms with Crippen LogP contribution in [0.4, 0.5) is 0 Å². The SMILES string of the molecule is O=C(O)CCCCCCCCCCc1cccc2ccccc12.[KH]. The zero-order valence-electron chi connectivity index (χ0n) is 14.0. The molecule has 24 heavy (non-hydrogen) atoms. The Morgan fingerprint density at radius 3 is 2.04 bits per heavy atom. The second-order valence-corrected chi connectivity index (χ2v) is 6.36. The van der Waals surface area contributed by atoms with Gasteiger partial charge in [-0.2, -0.15) is 0 Å². The summed E-state index contributed by atoms with van der Waals surface area (Å²) in [5.74, 6) is -0.668. The van der Waals surface area contributed by atoms with Gasteiger partial charge >= 0.3 is 57.4 Å². The van der Waals surface area contributed by atoms with E-state index in [-0.39, 0.29) is 51.4 Å². The summed E-state index contributed by atoms with van der Waals surface area (Å²) in [6, 6.07) is 15.2. The fourth-order valence-corrected chi connectivity index (χ4v) is 3.16. The molecule has 0 spiro atoms. The standard InChI is InChI=1S/C21H28O2.K.H/c22-21(23)17-8-6-4-2-1-3-5-7-12-18-14-11-15-19-13-9-10-16-20(18)19;;/h9-11,13-16H,1-8,12,17H2,(H,22,23);;. The van der Waals surface area contributed by atoms with Gasteiger partial charge in [0.15, 0.2) is 0 Å². The summed E-state index contributed by atoms with van der Waals surface area (Å²) in [7, 11) is 0. The normalized spacial score (nSPS) is 10.5. The van der Waals surface area contributed by atoms with Crippen molar-refractivity contribution in [1.82, 2.24) is 0 Å². The molecule has 0 atom stereocenters. The topological polar surface area (TPSA) is 37.3 Å². The van der Waals surface area contributed by atoms with Crippen molar-refractivity contribution in [3.05, 3.63) is 48.0 Å². The molecule has 2 aromatic rings. The Bertz CT molecular complexity index is 604. The summed E-state index contributed by atoms with van der Waals surface area (Å²) >= 11 is 0. The number of unbranched alkanes of at least 4 members (excludes halogenated alkanes) is 7. The van der Waals surface area contributed by atoms with Crippen LogP contribution in [0, 0.1) is 0 Å². The van der Waals surface area contributed by atoms with Crippen LogP contribution in [0.2, 0.25) is 0 Å². The number of carboxylic acid groups (broad SMARTS) is 1. The van der Waals surface area contributed by atoms with Crippen LogP contribution in [0.5, 0.6) is 0 Å². The van der Waals surface area contributed by atoms with E-state index in [1.54, 1.807) is 0 Å². The molecule has 0 saturated carbocycles. The molecule has 0 saturated heterocycles. The zero-order chi connectivity index (χ0) is 16.3. The second-order valence-electron chi connectivity index (χ2n) is 6.36.